The summed E-state index contributed by atoms with van der Waals surface area (Å²) in [6, 6.07) is 9.89. The highest BCUT2D eigenvalue weighted by Gasteiger charge is 2.19. The van der Waals surface area contributed by atoms with Gasteiger partial charge in [0.2, 0.25) is 0 Å². The van der Waals surface area contributed by atoms with Gasteiger partial charge in [0, 0.05) is 30.2 Å². The summed E-state index contributed by atoms with van der Waals surface area (Å²) in [4.78, 5) is 8.78. The second kappa shape index (κ2) is 5.26. The van der Waals surface area contributed by atoms with E-state index in [1.165, 1.54) is 0 Å². The molecule has 3 aromatic rings. The highest BCUT2D eigenvalue weighted by Crippen LogP contribution is 2.23. The van der Waals surface area contributed by atoms with Crippen molar-refractivity contribution < 1.29 is 9.26 Å². The number of ether oxygens (including phenoxy) is 1. The van der Waals surface area contributed by atoms with Crippen LogP contribution in [0.4, 0.5) is 0 Å². The van der Waals surface area contributed by atoms with Crippen LogP contribution in [-0.2, 0) is 11.2 Å². The van der Waals surface area contributed by atoms with Crippen LogP contribution in [0.2, 0.25) is 0 Å². The number of pyridine rings is 1. The maximum absolute atomic E-state index is 5.60. The van der Waals surface area contributed by atoms with Gasteiger partial charge in [-0.1, -0.05) is 11.2 Å². The smallest absolute Gasteiger partial charge is 0.257 e. The third kappa shape index (κ3) is 2.52. The fraction of sp³-hybridized carbons (Fsp3) is 0.312. The zero-order valence-electron chi connectivity index (χ0n) is 11.5. The van der Waals surface area contributed by atoms with Crippen molar-refractivity contribution in [2.45, 2.75) is 25.4 Å². The van der Waals surface area contributed by atoms with Crippen LogP contribution >= 0.6 is 0 Å². The molecule has 3 heterocycles. The molecule has 106 valence electrons. The van der Waals surface area contributed by atoms with Crippen molar-refractivity contribution in [2.24, 2.45) is 0 Å². The molecule has 0 spiro atoms. The molecule has 2 aromatic heterocycles. The molecular weight excluding hydrogens is 266 g/mol. The van der Waals surface area contributed by atoms with E-state index in [2.05, 4.69) is 15.1 Å². The maximum Gasteiger partial charge on any atom is 0.257 e. The van der Waals surface area contributed by atoms with Crippen LogP contribution in [0.15, 0.2) is 41.1 Å². The van der Waals surface area contributed by atoms with Crippen molar-refractivity contribution in [1.29, 1.82) is 0 Å². The van der Waals surface area contributed by atoms with Crippen LogP contribution < -0.4 is 0 Å². The molecule has 1 saturated heterocycles. The Hall–Kier alpha value is -2.27. The second-order valence-corrected chi connectivity index (χ2v) is 5.27. The first-order valence-corrected chi connectivity index (χ1v) is 7.18. The third-order valence-electron chi connectivity index (χ3n) is 3.75. The molecule has 1 atom stereocenters. The lowest BCUT2D eigenvalue weighted by molar-refractivity contribution is 0.109. The van der Waals surface area contributed by atoms with Gasteiger partial charge in [0.1, 0.15) is 0 Å². The van der Waals surface area contributed by atoms with Gasteiger partial charge in [0.05, 0.1) is 11.6 Å². The minimum atomic E-state index is 0.233. The Morgan fingerprint density at radius 1 is 1.24 bits per heavy atom. The molecule has 5 nitrogen and oxygen atoms in total. The number of aromatic nitrogens is 3. The van der Waals surface area contributed by atoms with Gasteiger partial charge >= 0.3 is 0 Å². The Labute approximate surface area is 122 Å². The summed E-state index contributed by atoms with van der Waals surface area (Å²) < 4.78 is 11.0. The molecule has 5 heteroatoms. The summed E-state index contributed by atoms with van der Waals surface area (Å²) in [6.45, 7) is 0.840. The predicted octanol–water partition coefficient (Wildman–Crippen LogP) is 3.01. The molecule has 4 rings (SSSR count). The fourth-order valence-corrected chi connectivity index (χ4v) is 2.67. The number of nitrogens with zero attached hydrogens (tertiary/aromatic N) is 3. The van der Waals surface area contributed by atoms with E-state index < -0.39 is 0 Å². The normalized spacial score (nSPS) is 18.4. The highest BCUT2D eigenvalue weighted by molar-refractivity contribution is 5.82. The second-order valence-electron chi connectivity index (χ2n) is 5.27. The molecule has 0 N–H and O–H groups in total. The van der Waals surface area contributed by atoms with Gasteiger partial charge in [0.25, 0.3) is 5.89 Å². The zero-order chi connectivity index (χ0) is 14.1. The predicted molar refractivity (Wildman–Crippen MR) is 77.7 cm³/mol. The molecule has 0 unspecified atom stereocenters. The lowest BCUT2D eigenvalue weighted by Gasteiger charge is -2.03. The van der Waals surface area contributed by atoms with Gasteiger partial charge in [0.15, 0.2) is 5.82 Å². The Kier molecular flexibility index (Phi) is 3.12. The standard InChI is InChI=1S/C16H15N3O2/c1-3-11-9-12(5-6-14(11)17-7-1)16-18-15(19-21-16)10-13-4-2-8-20-13/h1,3,5-7,9,13H,2,4,8,10H2/t13-/m1/s1. The first-order chi connectivity index (χ1) is 10.4. The monoisotopic (exact) mass is 281 g/mol. The van der Waals surface area contributed by atoms with E-state index in [1.807, 2.05) is 30.3 Å². The van der Waals surface area contributed by atoms with Crippen molar-refractivity contribution in [3.63, 3.8) is 0 Å². The SMILES string of the molecule is c1cnc2ccc(-c3nc(C[C@H]4CCCO4)no3)cc2c1. The summed E-state index contributed by atoms with van der Waals surface area (Å²) in [7, 11) is 0. The first-order valence-electron chi connectivity index (χ1n) is 7.18. The van der Waals surface area contributed by atoms with Crippen LogP contribution in [0.25, 0.3) is 22.4 Å². The molecule has 0 amide bonds. The minimum Gasteiger partial charge on any atom is -0.378 e. The largest absolute Gasteiger partial charge is 0.378 e. The summed E-state index contributed by atoms with van der Waals surface area (Å²) in [6.07, 6.45) is 4.93. The Morgan fingerprint density at radius 2 is 2.24 bits per heavy atom. The van der Waals surface area contributed by atoms with E-state index in [9.17, 15) is 0 Å². The fourth-order valence-electron chi connectivity index (χ4n) is 2.67. The van der Waals surface area contributed by atoms with E-state index in [0.29, 0.717) is 11.7 Å². The van der Waals surface area contributed by atoms with Crippen molar-refractivity contribution in [1.82, 2.24) is 15.1 Å². The number of benzene rings is 1. The molecule has 1 aromatic carbocycles. The van der Waals surface area contributed by atoms with Gasteiger partial charge in [-0.15, -0.1) is 0 Å². The Balaban J connectivity index is 1.61. The molecule has 0 aliphatic carbocycles. The third-order valence-corrected chi connectivity index (χ3v) is 3.75. The van der Waals surface area contributed by atoms with E-state index in [1.54, 1.807) is 6.20 Å². The van der Waals surface area contributed by atoms with Crippen molar-refractivity contribution in [3.05, 3.63) is 42.4 Å². The van der Waals surface area contributed by atoms with Gasteiger partial charge < -0.3 is 9.26 Å². The summed E-state index contributed by atoms with van der Waals surface area (Å²) in [5.74, 6) is 1.26. The molecule has 1 aliphatic rings. The quantitative estimate of drug-likeness (QED) is 0.738. The first kappa shape index (κ1) is 12.5. The van der Waals surface area contributed by atoms with Crippen LogP contribution in [0, 0.1) is 0 Å². The molecule has 0 radical (unpaired) electrons. The molecule has 21 heavy (non-hydrogen) atoms. The maximum atomic E-state index is 5.60. The Morgan fingerprint density at radius 3 is 3.14 bits per heavy atom. The highest BCUT2D eigenvalue weighted by atomic mass is 16.5. The lowest BCUT2D eigenvalue weighted by Crippen LogP contribution is -2.09. The van der Waals surface area contributed by atoms with Crippen molar-refractivity contribution >= 4 is 10.9 Å². The topological polar surface area (TPSA) is 61.0 Å². The van der Waals surface area contributed by atoms with Gasteiger partial charge in [-0.05, 0) is 37.1 Å². The van der Waals surface area contributed by atoms with E-state index in [0.717, 1.165) is 42.3 Å². The number of rotatable bonds is 3. The number of hydrogen-bond acceptors (Lipinski definition) is 5. The van der Waals surface area contributed by atoms with Gasteiger partial charge in [-0.3, -0.25) is 4.98 Å². The average molecular weight is 281 g/mol. The average Bonchev–Trinajstić information content (AvgIpc) is 3.19. The van der Waals surface area contributed by atoms with Gasteiger partial charge in [-0.25, -0.2) is 0 Å². The number of hydrogen-bond donors (Lipinski definition) is 0. The Bertz CT molecular complexity index is 763. The van der Waals surface area contributed by atoms with Crippen molar-refractivity contribution in [3.8, 4) is 11.5 Å². The lowest BCUT2D eigenvalue weighted by atomic mass is 10.1. The molecular formula is C16H15N3O2. The van der Waals surface area contributed by atoms with Gasteiger partial charge in [-0.2, -0.15) is 4.98 Å². The van der Waals surface area contributed by atoms with Crippen LogP contribution in [0.5, 0.6) is 0 Å². The number of fused-ring (bicyclic) bond motifs is 1. The van der Waals surface area contributed by atoms with Crippen LogP contribution in [0.1, 0.15) is 18.7 Å². The molecule has 0 saturated carbocycles. The van der Waals surface area contributed by atoms with E-state index >= 15 is 0 Å². The van der Waals surface area contributed by atoms with E-state index in [-0.39, 0.29) is 6.10 Å². The molecule has 1 aliphatic heterocycles. The minimum absolute atomic E-state index is 0.233. The molecule has 1 fully saturated rings. The van der Waals surface area contributed by atoms with Crippen molar-refractivity contribution in [2.75, 3.05) is 6.61 Å². The summed E-state index contributed by atoms with van der Waals surface area (Å²) in [5, 5.41) is 5.12. The zero-order valence-corrected chi connectivity index (χ0v) is 11.5. The molecule has 0 bridgehead atoms. The summed E-state index contributed by atoms with van der Waals surface area (Å²) >= 11 is 0. The summed E-state index contributed by atoms with van der Waals surface area (Å²) in [5.41, 5.74) is 1.88. The van der Waals surface area contributed by atoms with Crippen LogP contribution in [0.3, 0.4) is 0 Å². The van der Waals surface area contributed by atoms with E-state index in [4.69, 9.17) is 9.26 Å². The van der Waals surface area contributed by atoms with Crippen LogP contribution in [-0.4, -0.2) is 27.8 Å².